The van der Waals surface area contributed by atoms with Gasteiger partial charge in [0, 0.05) is 6.54 Å². The second kappa shape index (κ2) is 7.17. The highest BCUT2D eigenvalue weighted by Gasteiger charge is 2.14. The average Bonchev–Trinajstić information content (AvgIpc) is 2.31. The van der Waals surface area contributed by atoms with E-state index in [2.05, 4.69) is 15.3 Å². The molecular weight excluding hydrogens is 278 g/mol. The maximum Gasteiger partial charge on any atom is 0.305 e. The van der Waals surface area contributed by atoms with Gasteiger partial charge in [-0.05, 0) is 5.75 Å². The lowest BCUT2D eigenvalue weighted by Gasteiger charge is -2.05. The molecule has 1 heterocycles. The van der Waals surface area contributed by atoms with Gasteiger partial charge in [0.15, 0.2) is 10.9 Å². The van der Waals surface area contributed by atoms with E-state index in [1.165, 1.54) is 18.0 Å². The fourth-order valence-electron chi connectivity index (χ4n) is 1.08. The van der Waals surface area contributed by atoms with Crippen LogP contribution in [0.1, 0.15) is 23.8 Å². The number of carboxylic acid groups (broad SMARTS) is 1. The van der Waals surface area contributed by atoms with Crippen molar-refractivity contribution in [2.45, 2.75) is 18.5 Å². The van der Waals surface area contributed by atoms with Crippen LogP contribution in [0.4, 0.5) is 0 Å². The third-order valence-electron chi connectivity index (χ3n) is 1.83. The molecule has 0 spiro atoms. The number of thioether (sulfide) groups is 1. The first kappa shape index (κ1) is 14.7. The van der Waals surface area contributed by atoms with Crippen molar-refractivity contribution in [3.8, 4) is 0 Å². The van der Waals surface area contributed by atoms with Gasteiger partial charge >= 0.3 is 5.97 Å². The number of carboxylic acids is 1. The number of rotatable bonds is 6. The first-order valence-electron chi connectivity index (χ1n) is 5.20. The Morgan fingerprint density at radius 1 is 1.56 bits per heavy atom. The molecule has 0 saturated heterocycles. The first-order chi connectivity index (χ1) is 8.54. The Bertz CT molecular complexity index is 456. The topological polar surface area (TPSA) is 92.2 Å². The molecule has 1 aromatic heterocycles. The van der Waals surface area contributed by atoms with Gasteiger partial charge in [-0.2, -0.15) is 0 Å². The molecule has 0 aliphatic rings. The Morgan fingerprint density at radius 3 is 2.89 bits per heavy atom. The van der Waals surface area contributed by atoms with Crippen molar-refractivity contribution in [3.63, 3.8) is 0 Å². The van der Waals surface area contributed by atoms with Gasteiger partial charge < -0.3 is 10.4 Å². The molecule has 1 aromatic rings. The molecule has 0 aromatic carbocycles. The molecule has 0 aliphatic carbocycles. The van der Waals surface area contributed by atoms with Crippen molar-refractivity contribution in [1.82, 2.24) is 15.3 Å². The standard InChI is InChI=1S/C10H12ClN3O3S/c1-2-18-10-13-5-6(11)8(14-10)9(17)12-4-3-7(15)16/h5H,2-4H2,1H3,(H,12,17)(H,15,16). The largest absolute Gasteiger partial charge is 0.481 e. The number of amides is 1. The number of carbonyl (C=O) groups excluding carboxylic acids is 1. The second-order valence-corrected chi connectivity index (χ2v) is 4.82. The molecule has 1 amide bonds. The number of nitrogens with one attached hydrogen (secondary N) is 1. The van der Waals surface area contributed by atoms with Gasteiger partial charge in [-0.25, -0.2) is 9.97 Å². The highest BCUT2D eigenvalue weighted by atomic mass is 35.5. The summed E-state index contributed by atoms with van der Waals surface area (Å²) in [6, 6.07) is 0. The van der Waals surface area contributed by atoms with Crippen LogP contribution in [0.25, 0.3) is 0 Å². The summed E-state index contributed by atoms with van der Waals surface area (Å²) in [5.41, 5.74) is 0.0630. The van der Waals surface area contributed by atoms with E-state index in [1.807, 2.05) is 6.92 Å². The SMILES string of the molecule is CCSc1ncc(Cl)c(C(=O)NCCC(=O)O)n1. The highest BCUT2D eigenvalue weighted by molar-refractivity contribution is 7.99. The Labute approximate surface area is 113 Å². The average molecular weight is 290 g/mol. The van der Waals surface area contributed by atoms with Crippen molar-refractivity contribution in [1.29, 1.82) is 0 Å². The maximum absolute atomic E-state index is 11.7. The molecule has 0 saturated carbocycles. The van der Waals surface area contributed by atoms with Crippen molar-refractivity contribution >= 4 is 35.2 Å². The van der Waals surface area contributed by atoms with E-state index >= 15 is 0 Å². The van der Waals surface area contributed by atoms with E-state index in [9.17, 15) is 9.59 Å². The van der Waals surface area contributed by atoms with Gasteiger partial charge in [-0.15, -0.1) is 0 Å². The zero-order chi connectivity index (χ0) is 13.5. The quantitative estimate of drug-likeness (QED) is 0.608. The number of aliphatic carboxylic acids is 1. The molecule has 2 N–H and O–H groups in total. The molecule has 98 valence electrons. The fourth-order valence-corrected chi connectivity index (χ4v) is 1.79. The lowest BCUT2D eigenvalue weighted by Crippen LogP contribution is -2.27. The summed E-state index contributed by atoms with van der Waals surface area (Å²) in [5, 5.41) is 11.5. The first-order valence-corrected chi connectivity index (χ1v) is 6.56. The number of aromatic nitrogens is 2. The van der Waals surface area contributed by atoms with E-state index in [1.54, 1.807) is 0 Å². The maximum atomic E-state index is 11.7. The predicted molar refractivity (Wildman–Crippen MR) is 68.0 cm³/mol. The molecule has 1 rings (SSSR count). The van der Waals surface area contributed by atoms with Crippen molar-refractivity contribution in [3.05, 3.63) is 16.9 Å². The summed E-state index contributed by atoms with van der Waals surface area (Å²) in [4.78, 5) is 30.0. The highest BCUT2D eigenvalue weighted by Crippen LogP contribution is 2.17. The van der Waals surface area contributed by atoms with E-state index in [0.29, 0.717) is 5.16 Å². The van der Waals surface area contributed by atoms with Crippen LogP contribution in [0.3, 0.4) is 0 Å². The van der Waals surface area contributed by atoms with Gasteiger partial charge in [0.05, 0.1) is 17.6 Å². The minimum absolute atomic E-state index is 0.0325. The van der Waals surface area contributed by atoms with Gasteiger partial charge in [0.2, 0.25) is 0 Å². The van der Waals surface area contributed by atoms with Gasteiger partial charge in [0.25, 0.3) is 5.91 Å². The number of carbonyl (C=O) groups is 2. The molecule has 6 nitrogen and oxygen atoms in total. The molecule has 8 heteroatoms. The third kappa shape index (κ3) is 4.50. The molecule has 0 unspecified atom stereocenters. The summed E-state index contributed by atoms with van der Waals surface area (Å²) >= 11 is 7.21. The van der Waals surface area contributed by atoms with Crippen molar-refractivity contribution in [2.24, 2.45) is 0 Å². The van der Waals surface area contributed by atoms with Crippen LogP contribution >= 0.6 is 23.4 Å². The summed E-state index contributed by atoms with van der Waals surface area (Å²) in [5.74, 6) is -0.699. The monoisotopic (exact) mass is 289 g/mol. The van der Waals surface area contributed by atoms with E-state index in [-0.39, 0.29) is 23.7 Å². The third-order valence-corrected chi connectivity index (χ3v) is 2.86. The second-order valence-electron chi connectivity index (χ2n) is 3.18. The van der Waals surface area contributed by atoms with E-state index < -0.39 is 11.9 Å². The Hall–Kier alpha value is -1.34. The van der Waals surface area contributed by atoms with Crippen LogP contribution in [0.15, 0.2) is 11.4 Å². The molecule has 0 radical (unpaired) electrons. The molecule has 18 heavy (non-hydrogen) atoms. The lowest BCUT2D eigenvalue weighted by molar-refractivity contribution is -0.136. The Balaban J connectivity index is 2.71. The molecule has 0 bridgehead atoms. The summed E-state index contributed by atoms with van der Waals surface area (Å²) in [7, 11) is 0. The Kier molecular flexibility index (Phi) is 5.87. The van der Waals surface area contributed by atoms with Gasteiger partial charge in [-0.3, -0.25) is 9.59 Å². The van der Waals surface area contributed by atoms with Crippen LogP contribution in [-0.2, 0) is 4.79 Å². The van der Waals surface area contributed by atoms with Crippen molar-refractivity contribution < 1.29 is 14.7 Å². The van der Waals surface area contributed by atoms with Crippen LogP contribution in [0.2, 0.25) is 5.02 Å². The Morgan fingerprint density at radius 2 is 2.28 bits per heavy atom. The normalized spacial score (nSPS) is 10.1. The number of halogens is 1. The summed E-state index contributed by atoms with van der Waals surface area (Å²) in [6.45, 7) is 1.97. The minimum atomic E-state index is -0.980. The number of hydrogen-bond donors (Lipinski definition) is 2. The molecular formula is C10H12ClN3O3S. The van der Waals surface area contributed by atoms with Crippen LogP contribution in [0.5, 0.6) is 0 Å². The molecule has 0 fully saturated rings. The fraction of sp³-hybridized carbons (Fsp3) is 0.400. The number of hydrogen-bond acceptors (Lipinski definition) is 5. The molecule has 0 aliphatic heterocycles. The minimum Gasteiger partial charge on any atom is -0.481 e. The number of nitrogens with zero attached hydrogens (tertiary/aromatic N) is 2. The predicted octanol–water partition coefficient (Wildman–Crippen LogP) is 1.45. The van der Waals surface area contributed by atoms with Crippen LogP contribution in [0, 0.1) is 0 Å². The zero-order valence-corrected chi connectivity index (χ0v) is 11.2. The van der Waals surface area contributed by atoms with Gasteiger partial charge in [-0.1, -0.05) is 30.3 Å². The van der Waals surface area contributed by atoms with Crippen LogP contribution in [-0.4, -0.2) is 39.2 Å². The summed E-state index contributed by atoms with van der Waals surface area (Å²) < 4.78 is 0. The van der Waals surface area contributed by atoms with Crippen LogP contribution < -0.4 is 5.32 Å². The van der Waals surface area contributed by atoms with Gasteiger partial charge in [0.1, 0.15) is 0 Å². The lowest BCUT2D eigenvalue weighted by atomic mass is 10.3. The smallest absolute Gasteiger partial charge is 0.305 e. The van der Waals surface area contributed by atoms with E-state index in [0.717, 1.165) is 5.75 Å². The molecule has 0 atom stereocenters. The summed E-state index contributed by atoms with van der Waals surface area (Å²) in [6.07, 6.45) is 1.21. The van der Waals surface area contributed by atoms with Crippen molar-refractivity contribution in [2.75, 3.05) is 12.3 Å². The van der Waals surface area contributed by atoms with E-state index in [4.69, 9.17) is 16.7 Å². The zero-order valence-electron chi connectivity index (χ0n) is 9.64.